The van der Waals surface area contributed by atoms with Gasteiger partial charge in [-0.3, -0.25) is 9.59 Å². The second-order valence-electron chi connectivity index (χ2n) is 15.2. The Morgan fingerprint density at radius 1 is 0.707 bits per heavy atom. The fourth-order valence-corrected chi connectivity index (χ4v) is 8.00. The lowest BCUT2D eigenvalue weighted by Gasteiger charge is -2.28. The minimum absolute atomic E-state index is 0.0241. The molecule has 306 valence electrons. The van der Waals surface area contributed by atoms with Crippen molar-refractivity contribution < 1.29 is 41.8 Å². The lowest BCUT2D eigenvalue weighted by molar-refractivity contribution is -0.140. The number of carbonyl (C=O) groups excluding carboxylic acids is 4. The van der Waals surface area contributed by atoms with E-state index in [0.717, 1.165) is 32.1 Å². The van der Waals surface area contributed by atoms with Crippen molar-refractivity contribution in [3.05, 3.63) is 60.2 Å². The Morgan fingerprint density at radius 2 is 1.22 bits per heavy atom. The van der Waals surface area contributed by atoms with Crippen molar-refractivity contribution in [2.75, 3.05) is 27.3 Å². The van der Waals surface area contributed by atoms with Crippen LogP contribution in [-0.4, -0.2) is 103 Å². The summed E-state index contributed by atoms with van der Waals surface area (Å²) < 4.78 is 52.7. The number of carbonyl (C=O) groups is 4. The quantitative estimate of drug-likeness (QED) is 0.149. The monoisotopic (exact) mass is 804 g/mol. The van der Waals surface area contributed by atoms with Crippen LogP contribution in [0.3, 0.4) is 0 Å². The predicted octanol–water partition coefficient (Wildman–Crippen LogP) is 5.54. The SMILES string of the molecule is COC(=O)NC(C(=O)N1CCC[C@H]1c1nc(C(F)(F)F)c(-c2ccc(-c3ncc(-c4cnc([C@@H]5CCCN5C(=O)[C@@H](NC(=O)OC)C5CC5)[nH]4)cn3)cc2)[nH]1)C1CC1. The molecule has 4 amide bonds. The van der Waals surface area contributed by atoms with Gasteiger partial charge >= 0.3 is 18.4 Å². The van der Waals surface area contributed by atoms with Crippen LogP contribution in [0, 0.1) is 11.8 Å². The number of likely N-dealkylation sites (tertiary alicyclic amines) is 2. The molecule has 0 spiro atoms. The number of benzene rings is 1. The zero-order valence-corrected chi connectivity index (χ0v) is 31.8. The summed E-state index contributed by atoms with van der Waals surface area (Å²) >= 11 is 0. The van der Waals surface area contributed by atoms with Gasteiger partial charge in [0.1, 0.15) is 23.7 Å². The van der Waals surface area contributed by atoms with Gasteiger partial charge in [0.2, 0.25) is 11.8 Å². The fourth-order valence-electron chi connectivity index (χ4n) is 8.00. The zero-order valence-electron chi connectivity index (χ0n) is 31.8. The number of hydrogen-bond donors (Lipinski definition) is 4. The number of hydrogen-bond acceptors (Lipinski definition) is 10. The van der Waals surface area contributed by atoms with E-state index in [1.807, 2.05) is 0 Å². The van der Waals surface area contributed by atoms with Crippen LogP contribution in [0.15, 0.2) is 42.9 Å². The number of methoxy groups -OCH3 is 2. The molecule has 0 radical (unpaired) electrons. The Hall–Kier alpha value is -6.01. The molecule has 4 fully saturated rings. The number of alkyl carbamates (subject to hydrolysis) is 2. The van der Waals surface area contributed by atoms with Crippen LogP contribution in [0.1, 0.15) is 80.8 Å². The Kier molecular flexibility index (Phi) is 10.5. The van der Waals surface area contributed by atoms with Crippen molar-refractivity contribution in [1.82, 2.24) is 50.3 Å². The van der Waals surface area contributed by atoms with E-state index in [1.165, 1.54) is 31.3 Å². The number of rotatable bonds is 11. The van der Waals surface area contributed by atoms with Crippen LogP contribution >= 0.6 is 0 Å². The van der Waals surface area contributed by atoms with E-state index >= 15 is 0 Å². The number of halogens is 3. The zero-order chi connectivity index (χ0) is 40.7. The van der Waals surface area contributed by atoms with Crippen molar-refractivity contribution in [1.29, 1.82) is 0 Å². The number of nitrogens with one attached hydrogen (secondary N) is 4. The molecule has 58 heavy (non-hydrogen) atoms. The van der Waals surface area contributed by atoms with Gasteiger partial charge in [0.25, 0.3) is 0 Å². The molecule has 4 N–H and O–H groups in total. The largest absolute Gasteiger partial charge is 0.453 e. The minimum atomic E-state index is -4.78. The summed E-state index contributed by atoms with van der Waals surface area (Å²) in [6, 6.07) is 3.82. The highest BCUT2D eigenvalue weighted by Crippen LogP contribution is 2.42. The molecule has 2 aliphatic heterocycles. The van der Waals surface area contributed by atoms with E-state index < -0.39 is 42.2 Å². The molecule has 5 heterocycles. The molecule has 1 aromatic carbocycles. The Balaban J connectivity index is 0.967. The normalized spacial score (nSPS) is 20.4. The molecule has 4 aromatic rings. The number of ether oxygens (including phenoxy) is 2. The van der Waals surface area contributed by atoms with Gasteiger partial charge in [-0.15, -0.1) is 0 Å². The van der Waals surface area contributed by atoms with Crippen molar-refractivity contribution in [3.63, 3.8) is 0 Å². The van der Waals surface area contributed by atoms with Crippen LogP contribution in [0.2, 0.25) is 0 Å². The third-order valence-corrected chi connectivity index (χ3v) is 11.3. The topological polar surface area (TPSA) is 200 Å². The molecule has 2 saturated heterocycles. The number of amides is 4. The van der Waals surface area contributed by atoms with E-state index in [0.29, 0.717) is 60.8 Å². The summed E-state index contributed by atoms with van der Waals surface area (Å²) in [5.41, 5.74) is 0.767. The molecular formula is C39H43F3N10O6. The van der Waals surface area contributed by atoms with Gasteiger partial charge in [-0.2, -0.15) is 13.2 Å². The number of imidazole rings is 2. The first-order chi connectivity index (χ1) is 27.9. The predicted molar refractivity (Wildman–Crippen MR) is 199 cm³/mol. The van der Waals surface area contributed by atoms with Crippen LogP contribution in [0.5, 0.6) is 0 Å². The maximum atomic E-state index is 14.4. The lowest BCUT2D eigenvalue weighted by Crippen LogP contribution is -2.49. The lowest BCUT2D eigenvalue weighted by atomic mass is 10.1. The van der Waals surface area contributed by atoms with Gasteiger partial charge in [0.05, 0.1) is 43.9 Å². The molecule has 4 atom stereocenters. The summed E-state index contributed by atoms with van der Waals surface area (Å²) in [4.78, 5) is 78.1. The molecule has 8 rings (SSSR count). The van der Waals surface area contributed by atoms with Crippen LogP contribution < -0.4 is 10.6 Å². The van der Waals surface area contributed by atoms with Gasteiger partial charge in [0.15, 0.2) is 11.5 Å². The summed E-state index contributed by atoms with van der Waals surface area (Å²) in [7, 11) is 2.47. The van der Waals surface area contributed by atoms with E-state index in [2.05, 4.69) is 40.5 Å². The highest BCUT2D eigenvalue weighted by Gasteiger charge is 2.46. The molecule has 19 heteroatoms. The van der Waals surface area contributed by atoms with E-state index in [9.17, 15) is 32.3 Å². The van der Waals surface area contributed by atoms with Gasteiger partial charge < -0.3 is 39.9 Å². The van der Waals surface area contributed by atoms with E-state index in [1.54, 1.807) is 35.6 Å². The number of alkyl halides is 3. The highest BCUT2D eigenvalue weighted by atomic mass is 19.4. The standard InChI is InChI=1S/C39H43F3N10O6/c1-57-37(55)48-29(21-7-8-21)35(53)51-15-3-5-26(51)33-45-19-25(46-33)24-17-43-32(44-18-24)23-13-11-20(12-14-23)28-31(39(40,41)42)50-34(47-28)27-6-4-16-52(27)36(54)30(22-9-10-22)49-38(56)58-2/h11-14,17-19,21-22,26-27,29-30H,3-10,15-16H2,1-2H3,(H,45,46)(H,47,50)(H,48,55)(H,49,56)/t26-,27-,29-,30?/m0/s1. The first-order valence-electron chi connectivity index (χ1n) is 19.4. The molecule has 1 unspecified atom stereocenters. The third kappa shape index (κ3) is 7.93. The maximum Gasteiger partial charge on any atom is 0.435 e. The third-order valence-electron chi connectivity index (χ3n) is 11.3. The number of H-pyrrole nitrogens is 2. The van der Waals surface area contributed by atoms with Crippen LogP contribution in [0.4, 0.5) is 22.8 Å². The Bertz CT molecular complexity index is 2170. The van der Waals surface area contributed by atoms with Gasteiger partial charge in [-0.1, -0.05) is 24.3 Å². The number of nitrogens with zero attached hydrogens (tertiary/aromatic N) is 6. The van der Waals surface area contributed by atoms with Crippen molar-refractivity contribution in [3.8, 4) is 33.9 Å². The minimum Gasteiger partial charge on any atom is -0.453 e. The fraction of sp³-hybridized carbons (Fsp3) is 0.487. The average Bonchev–Trinajstić information content (AvgIpc) is 3.96. The van der Waals surface area contributed by atoms with E-state index in [4.69, 9.17) is 9.47 Å². The van der Waals surface area contributed by atoms with Gasteiger partial charge in [0, 0.05) is 42.2 Å². The van der Waals surface area contributed by atoms with Crippen LogP contribution in [0.25, 0.3) is 33.9 Å². The molecule has 0 bridgehead atoms. The van der Waals surface area contributed by atoms with Gasteiger partial charge in [-0.05, 0) is 63.2 Å². The Labute approximate surface area is 330 Å². The number of aromatic amines is 2. The maximum absolute atomic E-state index is 14.4. The molecule has 3 aromatic heterocycles. The molecule has 16 nitrogen and oxygen atoms in total. The highest BCUT2D eigenvalue weighted by molar-refractivity contribution is 5.87. The summed E-state index contributed by atoms with van der Waals surface area (Å²) in [6.45, 7) is 0.861. The average molecular weight is 805 g/mol. The number of aromatic nitrogens is 6. The second kappa shape index (κ2) is 15.7. The second-order valence-corrected chi connectivity index (χ2v) is 15.2. The van der Waals surface area contributed by atoms with E-state index in [-0.39, 0.29) is 46.8 Å². The van der Waals surface area contributed by atoms with Crippen molar-refractivity contribution >= 4 is 24.0 Å². The molecule has 4 aliphatic rings. The Morgan fingerprint density at radius 3 is 1.72 bits per heavy atom. The summed E-state index contributed by atoms with van der Waals surface area (Å²) in [6.07, 6.45) is 4.41. The smallest absolute Gasteiger partial charge is 0.435 e. The first-order valence-corrected chi connectivity index (χ1v) is 19.4. The molecule has 2 aliphatic carbocycles. The first kappa shape index (κ1) is 38.8. The van der Waals surface area contributed by atoms with Crippen LogP contribution in [-0.2, 0) is 25.2 Å². The van der Waals surface area contributed by atoms with Crippen molar-refractivity contribution in [2.45, 2.75) is 81.7 Å². The summed E-state index contributed by atoms with van der Waals surface area (Å²) in [5, 5.41) is 5.30. The molecule has 2 saturated carbocycles. The molecular weight excluding hydrogens is 761 g/mol. The van der Waals surface area contributed by atoms with Crippen molar-refractivity contribution in [2.24, 2.45) is 11.8 Å². The summed E-state index contributed by atoms with van der Waals surface area (Å²) in [5.74, 6) is 0.479. The van der Waals surface area contributed by atoms with Gasteiger partial charge in [-0.25, -0.2) is 29.5 Å².